The number of fused-ring (bicyclic) bond motifs is 1. The Labute approximate surface area is 147 Å². The highest BCUT2D eigenvalue weighted by atomic mass is 32.2. The number of nitrogens with one attached hydrogen (secondary N) is 1. The molecule has 1 atom stereocenters. The number of sulfonamides is 1. The summed E-state index contributed by atoms with van der Waals surface area (Å²) in [4.78, 5) is 8.82. The van der Waals surface area contributed by atoms with Crippen LogP contribution in [0.25, 0.3) is 11.0 Å². The summed E-state index contributed by atoms with van der Waals surface area (Å²) in [5.74, 6) is 1.13. The molecular formula is C15H25N5O4S. The van der Waals surface area contributed by atoms with Crippen LogP contribution in [0.5, 0.6) is 0 Å². The van der Waals surface area contributed by atoms with Crippen molar-refractivity contribution in [2.24, 2.45) is 0 Å². The predicted octanol–water partition coefficient (Wildman–Crippen LogP) is 0.595. The molecule has 0 saturated heterocycles. The van der Waals surface area contributed by atoms with E-state index in [4.69, 9.17) is 15.2 Å². The first-order valence-electron chi connectivity index (χ1n) is 7.91. The first-order valence-corrected chi connectivity index (χ1v) is 9.80. The van der Waals surface area contributed by atoms with Gasteiger partial charge in [-0.15, -0.1) is 0 Å². The van der Waals surface area contributed by atoms with Gasteiger partial charge >= 0.3 is 0 Å². The number of aromatic nitrogens is 3. The van der Waals surface area contributed by atoms with Gasteiger partial charge in [0.25, 0.3) is 0 Å². The topological polar surface area (TPSA) is 121 Å². The van der Waals surface area contributed by atoms with Crippen molar-refractivity contribution < 1.29 is 17.9 Å². The third kappa shape index (κ3) is 5.11. The van der Waals surface area contributed by atoms with Gasteiger partial charge < -0.3 is 19.8 Å². The fraction of sp³-hybridized carbons (Fsp3) is 0.600. The van der Waals surface area contributed by atoms with E-state index in [1.807, 2.05) is 24.5 Å². The number of rotatable bonds is 9. The fourth-order valence-corrected chi connectivity index (χ4v) is 2.95. The number of nitrogens with two attached hydrogens (primary N) is 1. The van der Waals surface area contributed by atoms with Crippen molar-refractivity contribution in [2.45, 2.75) is 26.5 Å². The number of methoxy groups -OCH3 is 1. The van der Waals surface area contributed by atoms with Gasteiger partial charge in [-0.3, -0.25) is 0 Å². The van der Waals surface area contributed by atoms with Gasteiger partial charge in [-0.2, -0.15) is 0 Å². The highest BCUT2D eigenvalue weighted by Gasteiger charge is 2.18. The number of nitrogens with zero attached hydrogens (tertiary/aromatic N) is 3. The predicted molar refractivity (Wildman–Crippen MR) is 95.8 cm³/mol. The number of aryl methyl sites for hydroxylation is 1. The third-order valence-electron chi connectivity index (χ3n) is 3.71. The van der Waals surface area contributed by atoms with Crippen LogP contribution < -0.4 is 10.5 Å². The molecule has 2 aromatic rings. The molecule has 9 nitrogen and oxygen atoms in total. The van der Waals surface area contributed by atoms with Crippen molar-refractivity contribution in [3.8, 4) is 0 Å². The number of hydrogen-bond donors (Lipinski definition) is 2. The van der Waals surface area contributed by atoms with Crippen molar-refractivity contribution in [2.75, 3.05) is 38.9 Å². The summed E-state index contributed by atoms with van der Waals surface area (Å²) in [7, 11) is -1.58. The van der Waals surface area contributed by atoms with E-state index >= 15 is 0 Å². The van der Waals surface area contributed by atoms with Crippen LogP contribution >= 0.6 is 0 Å². The Morgan fingerprint density at radius 1 is 1.36 bits per heavy atom. The number of ether oxygens (including phenoxy) is 2. The number of nitrogen functional groups attached to an aromatic ring is 1. The molecule has 0 amide bonds. The Morgan fingerprint density at radius 2 is 2.08 bits per heavy atom. The summed E-state index contributed by atoms with van der Waals surface area (Å²) in [5, 5.41) is 0. The maximum atomic E-state index is 11.0. The Hall–Kier alpha value is -1.75. The Kier molecular flexibility index (Phi) is 6.33. The lowest BCUT2D eigenvalue weighted by molar-refractivity contribution is 0.102. The normalized spacial score (nSPS) is 13.4. The van der Waals surface area contributed by atoms with Crippen LogP contribution in [0.4, 0.5) is 5.82 Å². The average Bonchev–Trinajstić information content (AvgIpc) is 2.88. The van der Waals surface area contributed by atoms with E-state index in [1.54, 1.807) is 7.11 Å². The molecule has 140 valence electrons. The van der Waals surface area contributed by atoms with Crippen molar-refractivity contribution >= 4 is 26.9 Å². The Morgan fingerprint density at radius 3 is 2.72 bits per heavy atom. The molecule has 0 aliphatic rings. The van der Waals surface area contributed by atoms with Gasteiger partial charge in [-0.25, -0.2) is 23.1 Å². The van der Waals surface area contributed by atoms with Crippen LogP contribution in [-0.4, -0.2) is 56.1 Å². The minimum Gasteiger partial charge on any atom is -0.382 e. The van der Waals surface area contributed by atoms with Crippen molar-refractivity contribution in [3.63, 3.8) is 0 Å². The van der Waals surface area contributed by atoms with E-state index < -0.39 is 10.0 Å². The molecule has 0 saturated carbocycles. The van der Waals surface area contributed by atoms with E-state index in [2.05, 4.69) is 14.7 Å². The quantitative estimate of drug-likeness (QED) is 0.619. The van der Waals surface area contributed by atoms with E-state index in [9.17, 15) is 8.42 Å². The lowest BCUT2D eigenvalue weighted by Crippen LogP contribution is -2.26. The van der Waals surface area contributed by atoms with Gasteiger partial charge in [0.2, 0.25) is 10.0 Å². The first kappa shape index (κ1) is 19.6. The highest BCUT2D eigenvalue weighted by molar-refractivity contribution is 7.88. The maximum Gasteiger partial charge on any atom is 0.208 e. The van der Waals surface area contributed by atoms with Crippen molar-refractivity contribution in [1.29, 1.82) is 0 Å². The minimum absolute atomic E-state index is 0.209. The number of anilines is 1. The lowest BCUT2D eigenvalue weighted by atomic mass is 10.3. The van der Waals surface area contributed by atoms with Crippen LogP contribution in [0.3, 0.4) is 0 Å². The molecule has 0 aliphatic carbocycles. The van der Waals surface area contributed by atoms with E-state index in [1.165, 1.54) is 0 Å². The summed E-state index contributed by atoms with van der Waals surface area (Å²) in [5.41, 5.74) is 8.32. The molecular weight excluding hydrogens is 346 g/mol. The highest BCUT2D eigenvalue weighted by Crippen LogP contribution is 2.26. The zero-order valence-corrected chi connectivity index (χ0v) is 15.8. The molecule has 0 spiro atoms. The van der Waals surface area contributed by atoms with Gasteiger partial charge in [0.15, 0.2) is 5.82 Å². The zero-order valence-electron chi connectivity index (χ0n) is 14.9. The molecule has 0 bridgehead atoms. The summed E-state index contributed by atoms with van der Waals surface area (Å²) < 4.78 is 37.3. The standard InChI is InChI=1S/C15H25N5O4S/c1-10-9-12-13(14(16)18-10)19-15(11(2)23-3)20(12)6-8-24-7-5-17-25(4,21)22/h9,11,17H,5-8H2,1-4H3,(H2,16,18). The van der Waals surface area contributed by atoms with Gasteiger partial charge in [-0.05, 0) is 19.9 Å². The van der Waals surface area contributed by atoms with Gasteiger partial charge in [0, 0.05) is 25.9 Å². The molecule has 10 heteroatoms. The van der Waals surface area contributed by atoms with Gasteiger partial charge in [0.1, 0.15) is 17.4 Å². The summed E-state index contributed by atoms with van der Waals surface area (Å²) in [6.07, 6.45) is 0.906. The zero-order chi connectivity index (χ0) is 18.6. The average molecular weight is 371 g/mol. The number of pyridine rings is 1. The monoisotopic (exact) mass is 371 g/mol. The smallest absolute Gasteiger partial charge is 0.208 e. The molecule has 0 fully saturated rings. The molecule has 25 heavy (non-hydrogen) atoms. The summed E-state index contributed by atoms with van der Waals surface area (Å²) in [6, 6.07) is 1.93. The molecule has 1 unspecified atom stereocenters. The second kappa shape index (κ2) is 8.09. The first-order chi connectivity index (χ1) is 11.7. The van der Waals surface area contributed by atoms with Crippen LogP contribution in [-0.2, 0) is 26.0 Å². The Balaban J connectivity index is 2.12. The van der Waals surface area contributed by atoms with E-state index in [0.29, 0.717) is 24.5 Å². The third-order valence-corrected chi connectivity index (χ3v) is 4.44. The Bertz CT molecular complexity index is 834. The van der Waals surface area contributed by atoms with Crippen LogP contribution in [0.15, 0.2) is 6.07 Å². The fourth-order valence-electron chi connectivity index (χ4n) is 2.50. The second-order valence-corrected chi connectivity index (χ2v) is 7.63. The van der Waals surface area contributed by atoms with Crippen molar-refractivity contribution in [1.82, 2.24) is 19.3 Å². The van der Waals surface area contributed by atoms with Crippen LogP contribution in [0.1, 0.15) is 24.5 Å². The van der Waals surface area contributed by atoms with Crippen LogP contribution in [0, 0.1) is 6.92 Å². The molecule has 0 aromatic carbocycles. The lowest BCUT2D eigenvalue weighted by Gasteiger charge is -2.14. The van der Waals surface area contributed by atoms with E-state index in [0.717, 1.165) is 23.3 Å². The van der Waals surface area contributed by atoms with Gasteiger partial charge in [0.05, 0.1) is 25.0 Å². The second-order valence-electron chi connectivity index (χ2n) is 5.80. The van der Waals surface area contributed by atoms with Gasteiger partial charge in [-0.1, -0.05) is 0 Å². The molecule has 3 N–H and O–H groups in total. The minimum atomic E-state index is -3.20. The molecule has 2 rings (SSSR count). The van der Waals surface area contributed by atoms with Crippen molar-refractivity contribution in [3.05, 3.63) is 17.6 Å². The van der Waals surface area contributed by atoms with Crippen LogP contribution in [0.2, 0.25) is 0 Å². The number of imidazole rings is 1. The number of hydrogen-bond acceptors (Lipinski definition) is 7. The maximum absolute atomic E-state index is 11.0. The summed E-state index contributed by atoms with van der Waals surface area (Å²) in [6.45, 7) is 5.26. The summed E-state index contributed by atoms with van der Waals surface area (Å²) >= 11 is 0. The van der Waals surface area contributed by atoms with E-state index in [-0.39, 0.29) is 19.3 Å². The largest absolute Gasteiger partial charge is 0.382 e. The SMILES string of the molecule is COC(C)c1nc2c(N)nc(C)cc2n1CCOCCNS(C)(=O)=O. The molecule has 0 radical (unpaired) electrons. The molecule has 2 aromatic heterocycles. The molecule has 2 heterocycles. The molecule has 0 aliphatic heterocycles.